The molecule has 2 aromatic carbocycles. The molecular formula is C29H39Cl2N3O5S. The molecule has 0 heterocycles. The monoisotopic (exact) mass is 611 g/mol. The highest BCUT2D eigenvalue weighted by Crippen LogP contribution is 2.30. The van der Waals surface area contributed by atoms with Crippen LogP contribution in [0.3, 0.4) is 0 Å². The van der Waals surface area contributed by atoms with Crippen LogP contribution in [0, 0.1) is 0 Å². The average molecular weight is 613 g/mol. The van der Waals surface area contributed by atoms with Crippen molar-refractivity contribution >= 4 is 50.7 Å². The Morgan fingerprint density at radius 2 is 1.80 bits per heavy atom. The van der Waals surface area contributed by atoms with Gasteiger partial charge in [0, 0.05) is 35.6 Å². The molecule has 1 aliphatic rings. The minimum Gasteiger partial charge on any atom is -0.492 e. The van der Waals surface area contributed by atoms with Crippen LogP contribution >= 0.6 is 23.2 Å². The van der Waals surface area contributed by atoms with Crippen molar-refractivity contribution in [2.24, 2.45) is 0 Å². The van der Waals surface area contributed by atoms with Crippen LogP contribution in [0.1, 0.15) is 64.4 Å². The fourth-order valence-electron chi connectivity index (χ4n) is 4.91. The summed E-state index contributed by atoms with van der Waals surface area (Å²) < 4.78 is 32.3. The van der Waals surface area contributed by atoms with Crippen LogP contribution in [0.15, 0.2) is 42.5 Å². The molecule has 3 rings (SSSR count). The van der Waals surface area contributed by atoms with Gasteiger partial charge in [0.1, 0.15) is 11.8 Å². The topological polar surface area (TPSA) is 96.0 Å². The maximum absolute atomic E-state index is 13.6. The van der Waals surface area contributed by atoms with Crippen molar-refractivity contribution in [3.8, 4) is 5.75 Å². The van der Waals surface area contributed by atoms with Crippen LogP contribution in [-0.2, 0) is 26.2 Å². The number of nitrogens with one attached hydrogen (secondary N) is 1. The molecule has 0 radical (unpaired) electrons. The molecule has 40 heavy (non-hydrogen) atoms. The Morgan fingerprint density at radius 1 is 1.10 bits per heavy atom. The van der Waals surface area contributed by atoms with Gasteiger partial charge in [-0.1, -0.05) is 60.7 Å². The van der Waals surface area contributed by atoms with E-state index in [-0.39, 0.29) is 43.8 Å². The van der Waals surface area contributed by atoms with Gasteiger partial charge in [-0.2, -0.15) is 0 Å². The lowest BCUT2D eigenvalue weighted by Gasteiger charge is -2.32. The summed E-state index contributed by atoms with van der Waals surface area (Å²) in [6.07, 6.45) is 6.59. The number of para-hydroxylation sites is 2. The second kappa shape index (κ2) is 14.9. The quantitative estimate of drug-likeness (QED) is 0.308. The highest BCUT2D eigenvalue weighted by atomic mass is 35.5. The van der Waals surface area contributed by atoms with Crippen molar-refractivity contribution in [1.29, 1.82) is 0 Å². The molecule has 11 heteroatoms. The van der Waals surface area contributed by atoms with E-state index < -0.39 is 16.1 Å². The zero-order chi connectivity index (χ0) is 29.3. The van der Waals surface area contributed by atoms with E-state index in [1.54, 1.807) is 49.4 Å². The van der Waals surface area contributed by atoms with E-state index in [4.69, 9.17) is 27.9 Å². The maximum Gasteiger partial charge on any atom is 0.242 e. The number of hydrogen-bond acceptors (Lipinski definition) is 5. The van der Waals surface area contributed by atoms with Crippen molar-refractivity contribution in [3.05, 3.63) is 58.1 Å². The highest BCUT2D eigenvalue weighted by molar-refractivity contribution is 7.92. The van der Waals surface area contributed by atoms with Gasteiger partial charge in [-0.25, -0.2) is 8.42 Å². The van der Waals surface area contributed by atoms with Crippen molar-refractivity contribution in [3.63, 3.8) is 0 Å². The summed E-state index contributed by atoms with van der Waals surface area (Å²) in [6.45, 7) is 4.12. The van der Waals surface area contributed by atoms with E-state index in [0.29, 0.717) is 33.7 Å². The van der Waals surface area contributed by atoms with Crippen molar-refractivity contribution < 1.29 is 22.7 Å². The van der Waals surface area contributed by atoms with Gasteiger partial charge in [-0.3, -0.25) is 13.9 Å². The fraction of sp³-hybridized carbons (Fsp3) is 0.517. The number of sulfonamides is 1. The Bertz CT molecular complexity index is 1270. The predicted molar refractivity (Wildman–Crippen MR) is 161 cm³/mol. The van der Waals surface area contributed by atoms with Gasteiger partial charge < -0.3 is 15.0 Å². The highest BCUT2D eigenvalue weighted by Gasteiger charge is 2.29. The summed E-state index contributed by atoms with van der Waals surface area (Å²) in [5, 5.41) is 3.99. The first-order chi connectivity index (χ1) is 19.0. The van der Waals surface area contributed by atoms with Crippen molar-refractivity contribution in [2.75, 3.05) is 23.7 Å². The molecule has 1 fully saturated rings. The number of halogens is 2. The molecule has 0 aromatic heterocycles. The Labute approximate surface area is 248 Å². The summed E-state index contributed by atoms with van der Waals surface area (Å²) in [4.78, 5) is 28.3. The van der Waals surface area contributed by atoms with E-state index in [0.717, 1.165) is 31.9 Å². The molecule has 1 unspecified atom stereocenters. The van der Waals surface area contributed by atoms with E-state index in [2.05, 4.69) is 5.32 Å². The molecule has 0 spiro atoms. The molecule has 8 nitrogen and oxygen atoms in total. The van der Waals surface area contributed by atoms with Crippen LogP contribution in [0.25, 0.3) is 0 Å². The first kappa shape index (κ1) is 32.0. The molecular weight excluding hydrogens is 573 g/mol. The van der Waals surface area contributed by atoms with Crippen molar-refractivity contribution in [1.82, 2.24) is 10.2 Å². The fourth-order valence-corrected chi connectivity index (χ4v) is 6.35. The molecule has 220 valence electrons. The summed E-state index contributed by atoms with van der Waals surface area (Å²) in [6, 6.07) is 11.3. The molecule has 1 aliphatic carbocycles. The van der Waals surface area contributed by atoms with Crippen LogP contribution in [0.4, 0.5) is 5.69 Å². The Hall–Kier alpha value is -2.49. The molecule has 2 aromatic rings. The van der Waals surface area contributed by atoms with Gasteiger partial charge >= 0.3 is 0 Å². The molecule has 2 amide bonds. The Morgan fingerprint density at radius 3 is 2.45 bits per heavy atom. The molecule has 0 bridgehead atoms. The first-order valence-corrected chi connectivity index (χ1v) is 16.3. The lowest BCUT2D eigenvalue weighted by atomic mass is 9.95. The Kier molecular flexibility index (Phi) is 12.0. The van der Waals surface area contributed by atoms with Gasteiger partial charge in [0.25, 0.3) is 0 Å². The summed E-state index contributed by atoms with van der Waals surface area (Å²) in [5.74, 6) is -0.0358. The number of anilines is 1. The third-order valence-corrected chi connectivity index (χ3v) is 8.83. The third kappa shape index (κ3) is 9.01. The minimum absolute atomic E-state index is 0.0368. The SMILES string of the molecule is CCOc1ccccc1N(CCCC(=O)N(Cc1ccc(Cl)cc1Cl)C(C)C(=O)NC1CCCCC1)S(C)(=O)=O. The van der Waals surface area contributed by atoms with Crippen LogP contribution < -0.4 is 14.4 Å². The zero-order valence-electron chi connectivity index (χ0n) is 23.4. The van der Waals surface area contributed by atoms with Crippen LogP contribution in [0.5, 0.6) is 5.75 Å². The number of carbonyl (C=O) groups excluding carboxylic acids is 2. The second-order valence-corrected chi connectivity index (χ2v) is 12.9. The number of carbonyl (C=O) groups is 2. The molecule has 0 saturated heterocycles. The standard InChI is InChI=1S/C29H39Cl2N3O5S/c1-4-39-27-14-9-8-13-26(27)34(40(3,37)38)18-10-15-28(35)33(20-22-16-17-23(30)19-25(22)31)21(2)29(36)32-24-11-6-5-7-12-24/h8-9,13-14,16-17,19,21,24H,4-7,10-12,15,18,20H2,1-3H3,(H,32,36). The number of amides is 2. The zero-order valence-corrected chi connectivity index (χ0v) is 25.7. The normalized spacial score (nSPS) is 14.8. The largest absolute Gasteiger partial charge is 0.492 e. The van der Waals surface area contributed by atoms with Gasteiger partial charge in [0.15, 0.2) is 0 Å². The lowest BCUT2D eigenvalue weighted by molar-refractivity contribution is -0.141. The van der Waals surface area contributed by atoms with Gasteiger partial charge in [0.2, 0.25) is 21.8 Å². The first-order valence-electron chi connectivity index (χ1n) is 13.7. The number of nitrogens with zero attached hydrogens (tertiary/aromatic N) is 2. The van der Waals surface area contributed by atoms with Crippen LogP contribution in [-0.4, -0.2) is 56.6 Å². The van der Waals surface area contributed by atoms with Gasteiger partial charge in [0.05, 0.1) is 18.6 Å². The van der Waals surface area contributed by atoms with E-state index >= 15 is 0 Å². The number of ether oxygens (including phenoxy) is 1. The van der Waals surface area contributed by atoms with Gasteiger partial charge in [-0.05, 0) is 62.9 Å². The molecule has 1 saturated carbocycles. The van der Waals surface area contributed by atoms with E-state index in [1.807, 2.05) is 6.92 Å². The minimum atomic E-state index is -3.65. The lowest BCUT2D eigenvalue weighted by Crippen LogP contribution is -2.50. The number of benzene rings is 2. The number of rotatable bonds is 13. The van der Waals surface area contributed by atoms with Crippen molar-refractivity contribution in [2.45, 2.75) is 77.4 Å². The smallest absolute Gasteiger partial charge is 0.242 e. The Balaban J connectivity index is 1.77. The predicted octanol–water partition coefficient (Wildman–Crippen LogP) is 5.80. The molecule has 1 N–H and O–H groups in total. The third-order valence-electron chi connectivity index (χ3n) is 7.06. The average Bonchev–Trinajstić information content (AvgIpc) is 2.91. The summed E-state index contributed by atoms with van der Waals surface area (Å²) >= 11 is 12.5. The van der Waals surface area contributed by atoms with E-state index in [9.17, 15) is 18.0 Å². The van der Waals surface area contributed by atoms with Crippen LogP contribution in [0.2, 0.25) is 10.0 Å². The van der Waals surface area contributed by atoms with Gasteiger partial charge in [-0.15, -0.1) is 0 Å². The van der Waals surface area contributed by atoms with E-state index in [1.165, 1.54) is 15.6 Å². The summed E-state index contributed by atoms with van der Waals surface area (Å²) in [7, 11) is -3.65. The second-order valence-electron chi connectivity index (χ2n) is 10.1. The summed E-state index contributed by atoms with van der Waals surface area (Å²) in [5.41, 5.74) is 1.09. The molecule has 1 atom stereocenters. The number of hydrogen-bond donors (Lipinski definition) is 1. The maximum atomic E-state index is 13.6. The molecule has 0 aliphatic heterocycles.